The highest BCUT2D eigenvalue weighted by Crippen LogP contribution is 2.45. The van der Waals surface area contributed by atoms with E-state index in [4.69, 9.17) is 12.6 Å². The molecule has 0 radical (unpaired) electrons. The lowest BCUT2D eigenvalue weighted by atomic mass is 10.3. The number of rotatable bonds is 7. The van der Waals surface area contributed by atoms with Crippen LogP contribution in [-0.4, -0.2) is 20.7 Å². The van der Waals surface area contributed by atoms with Crippen LogP contribution in [0.3, 0.4) is 0 Å². The molecule has 0 nitrogen and oxygen atoms in total. The molecule has 5 aromatic rings. The summed E-state index contributed by atoms with van der Waals surface area (Å²) in [4.78, 5) is 0. The van der Waals surface area contributed by atoms with E-state index >= 15 is 0 Å². The normalized spacial score (nSPS) is 12.3. The molecule has 0 aliphatic carbocycles. The van der Waals surface area contributed by atoms with Gasteiger partial charge in [0, 0.05) is 0 Å². The first-order chi connectivity index (χ1) is 18.2. The zero-order chi connectivity index (χ0) is 26.8. The second-order valence-corrected chi connectivity index (χ2v) is 22.4. The van der Waals surface area contributed by atoms with Crippen molar-refractivity contribution in [3.8, 4) is 0 Å². The quantitative estimate of drug-likeness (QED) is 0.182. The summed E-state index contributed by atoms with van der Waals surface area (Å²) in [6.07, 6.45) is 10.2. The molecule has 0 spiro atoms. The van der Waals surface area contributed by atoms with Gasteiger partial charge in [-0.2, -0.15) is 0 Å². The Morgan fingerprint density at radius 2 is 0.658 bits per heavy atom. The van der Waals surface area contributed by atoms with E-state index in [2.05, 4.69) is 159 Å². The van der Waals surface area contributed by atoms with Crippen molar-refractivity contribution in [2.75, 3.05) is 0 Å². The van der Waals surface area contributed by atoms with Crippen LogP contribution >= 0.6 is 13.8 Å². The van der Waals surface area contributed by atoms with E-state index in [0.29, 0.717) is 0 Å². The van der Waals surface area contributed by atoms with Crippen LogP contribution in [0.4, 0.5) is 0 Å². The van der Waals surface area contributed by atoms with Crippen LogP contribution < -0.4 is 37.0 Å². The van der Waals surface area contributed by atoms with Crippen molar-refractivity contribution in [1.82, 2.24) is 0 Å². The van der Waals surface area contributed by atoms with Gasteiger partial charge in [0.1, 0.15) is 0 Å². The Balaban J connectivity index is 1.88. The van der Waals surface area contributed by atoms with Crippen LogP contribution in [-0.2, 0) is 0 Å². The highest BCUT2D eigenvalue weighted by atomic mass is 31.2. The summed E-state index contributed by atoms with van der Waals surface area (Å²) in [6.45, 7) is 3.05. The summed E-state index contributed by atoms with van der Waals surface area (Å²) >= 11 is 0. The number of hydrogen-bond acceptors (Lipinski definition) is 0. The lowest BCUT2D eigenvalue weighted by molar-refractivity contribution is 1.71. The maximum atomic E-state index is 5.09. The Morgan fingerprint density at radius 1 is 0.395 bits per heavy atom. The maximum Gasteiger partial charge on any atom is 0.0776 e. The van der Waals surface area contributed by atoms with Crippen molar-refractivity contribution in [2.45, 2.75) is 19.6 Å². The standard InChI is InChI=1S/C35H36P2Si/c1-36(29-18-10-6-11-19-29,30-20-12-7-13-21-30)33-26-34(28-35(27-33)38(3,4)5)37(2,31-22-14-8-15-23-31)32-24-16-9-17-25-32/h6-28H,1-2H2,3-5H3. The molecule has 0 aromatic heterocycles. The smallest absolute Gasteiger partial charge is 0.0776 e. The van der Waals surface area contributed by atoms with Gasteiger partial charge < -0.3 is 0 Å². The van der Waals surface area contributed by atoms with Crippen LogP contribution in [0, 0.1) is 0 Å². The largest absolute Gasteiger partial charge is 0.0887 e. The minimum absolute atomic E-state index is 1.30. The molecule has 190 valence electrons. The first kappa shape index (κ1) is 26.5. The first-order valence-electron chi connectivity index (χ1n) is 13.1. The lowest BCUT2D eigenvalue weighted by Crippen LogP contribution is -2.43. The molecule has 0 bridgehead atoms. The molecule has 0 N–H and O–H groups in total. The fourth-order valence-corrected chi connectivity index (χ4v) is 12.6. The van der Waals surface area contributed by atoms with Gasteiger partial charge >= 0.3 is 0 Å². The van der Waals surface area contributed by atoms with Crippen molar-refractivity contribution in [1.29, 1.82) is 0 Å². The summed E-state index contributed by atoms with van der Waals surface area (Å²) in [5, 5.41) is 9.35. The van der Waals surface area contributed by atoms with Crippen molar-refractivity contribution >= 4 is 71.5 Å². The lowest BCUT2D eigenvalue weighted by Gasteiger charge is -2.33. The van der Waals surface area contributed by atoms with Crippen LogP contribution in [0.2, 0.25) is 19.6 Å². The predicted octanol–water partition coefficient (Wildman–Crippen LogP) is 5.68. The Bertz CT molecular complexity index is 1420. The molecule has 3 heteroatoms. The summed E-state index contributed by atoms with van der Waals surface area (Å²) in [6, 6.07) is 51.1. The van der Waals surface area contributed by atoms with Crippen molar-refractivity contribution in [2.24, 2.45) is 0 Å². The average molecular weight is 547 g/mol. The summed E-state index contributed by atoms with van der Waals surface area (Å²) < 4.78 is 0. The van der Waals surface area contributed by atoms with Crippen LogP contribution in [0.1, 0.15) is 0 Å². The molecule has 0 amide bonds. The molecule has 0 saturated heterocycles. The van der Waals surface area contributed by atoms with Crippen molar-refractivity contribution in [3.05, 3.63) is 140 Å². The molecule has 0 unspecified atom stereocenters. The van der Waals surface area contributed by atoms with E-state index in [0.717, 1.165) is 0 Å². The summed E-state index contributed by atoms with van der Waals surface area (Å²) in [5.41, 5.74) is 0. The van der Waals surface area contributed by atoms with Crippen LogP contribution in [0.5, 0.6) is 0 Å². The molecule has 5 aromatic carbocycles. The Kier molecular flexibility index (Phi) is 7.39. The Hall–Kier alpha value is -3.08. The van der Waals surface area contributed by atoms with E-state index in [1.165, 1.54) is 37.0 Å². The molecular weight excluding hydrogens is 510 g/mol. The van der Waals surface area contributed by atoms with Gasteiger partial charge in [-0.1, -0.05) is 171 Å². The van der Waals surface area contributed by atoms with Crippen molar-refractivity contribution < 1.29 is 0 Å². The fraction of sp³-hybridized carbons (Fsp3) is 0.0857. The predicted molar refractivity (Wildman–Crippen MR) is 181 cm³/mol. The first-order valence-corrected chi connectivity index (χ1v) is 20.5. The third-order valence-corrected chi connectivity index (χ3v) is 16.5. The third-order valence-electron chi connectivity index (χ3n) is 7.44. The van der Waals surface area contributed by atoms with Crippen molar-refractivity contribution in [3.63, 3.8) is 0 Å². The maximum absolute atomic E-state index is 5.09. The second kappa shape index (κ2) is 10.6. The monoisotopic (exact) mass is 546 g/mol. The third kappa shape index (κ3) is 4.88. The molecule has 0 atom stereocenters. The van der Waals surface area contributed by atoms with Gasteiger partial charge in [0.2, 0.25) is 0 Å². The van der Waals surface area contributed by atoms with Gasteiger partial charge in [-0.3, -0.25) is 0 Å². The van der Waals surface area contributed by atoms with E-state index in [1.54, 1.807) is 0 Å². The van der Waals surface area contributed by atoms with Gasteiger partial charge in [0.25, 0.3) is 0 Å². The second-order valence-electron chi connectivity index (χ2n) is 10.9. The van der Waals surface area contributed by atoms with E-state index < -0.39 is 21.8 Å². The Morgan fingerprint density at radius 3 is 0.895 bits per heavy atom. The van der Waals surface area contributed by atoms with Crippen LogP contribution in [0.25, 0.3) is 0 Å². The highest BCUT2D eigenvalue weighted by Gasteiger charge is 2.30. The van der Waals surface area contributed by atoms with Gasteiger partial charge in [-0.15, -0.1) is 0 Å². The molecule has 0 aliphatic heterocycles. The topological polar surface area (TPSA) is 0 Å². The number of benzene rings is 5. The van der Waals surface area contributed by atoms with E-state index in [1.807, 2.05) is 0 Å². The zero-order valence-corrected chi connectivity index (χ0v) is 25.4. The molecule has 5 rings (SSSR count). The van der Waals surface area contributed by atoms with Gasteiger partial charge in [0.05, 0.1) is 8.07 Å². The fourth-order valence-electron chi connectivity index (χ4n) is 5.09. The van der Waals surface area contributed by atoms with Gasteiger partial charge in [-0.05, 0) is 51.7 Å². The SMILES string of the molecule is C=P(c1ccccc1)(c1ccccc1)c1cc([Si](C)(C)C)cc(P(=C)(c2ccccc2)c2ccccc2)c1. The molecule has 0 heterocycles. The minimum atomic E-state index is -2.14. The summed E-state index contributed by atoms with van der Waals surface area (Å²) in [5.74, 6) is 0. The number of hydrogen-bond donors (Lipinski definition) is 0. The van der Waals surface area contributed by atoms with E-state index in [9.17, 15) is 0 Å². The van der Waals surface area contributed by atoms with Gasteiger partial charge in [0.15, 0.2) is 0 Å². The summed E-state index contributed by atoms with van der Waals surface area (Å²) in [7, 11) is -1.68. The van der Waals surface area contributed by atoms with Gasteiger partial charge in [-0.25, -0.2) is 0 Å². The minimum Gasteiger partial charge on any atom is -0.0887 e. The molecule has 0 saturated carbocycles. The highest BCUT2D eigenvalue weighted by molar-refractivity contribution is 7.94. The molecule has 0 aliphatic rings. The molecule has 0 fully saturated rings. The van der Waals surface area contributed by atoms with E-state index in [-0.39, 0.29) is 0 Å². The average Bonchev–Trinajstić information content (AvgIpc) is 2.97. The molecular formula is C35H36P2Si. The Labute approximate surface area is 230 Å². The van der Waals surface area contributed by atoms with Crippen LogP contribution in [0.15, 0.2) is 140 Å². The molecule has 38 heavy (non-hydrogen) atoms. The zero-order valence-electron chi connectivity index (χ0n) is 22.6.